The number of methoxy groups -OCH3 is 1. The van der Waals surface area contributed by atoms with E-state index in [1.165, 1.54) is 0 Å². The van der Waals surface area contributed by atoms with Crippen LogP contribution in [-0.4, -0.2) is 21.8 Å². The summed E-state index contributed by atoms with van der Waals surface area (Å²) in [6.07, 6.45) is 0. The molecule has 0 aliphatic carbocycles. The molecule has 0 bridgehead atoms. The molecule has 0 unspecified atom stereocenters. The van der Waals surface area contributed by atoms with Crippen LogP contribution in [0.1, 0.15) is 11.4 Å². The van der Waals surface area contributed by atoms with Gasteiger partial charge in [0.05, 0.1) is 25.0 Å². The van der Waals surface area contributed by atoms with Crippen LogP contribution in [0.2, 0.25) is 0 Å². The second kappa shape index (κ2) is 4.59. The van der Waals surface area contributed by atoms with Crippen molar-refractivity contribution in [2.45, 2.75) is 13.5 Å². The zero-order chi connectivity index (χ0) is 12.4. The summed E-state index contributed by atoms with van der Waals surface area (Å²) in [6, 6.07) is 7.73. The Morgan fingerprint density at radius 2 is 2.06 bits per heavy atom. The molecule has 2 aromatic rings. The summed E-state index contributed by atoms with van der Waals surface area (Å²) in [4.78, 5) is 4.44. The van der Waals surface area contributed by atoms with Gasteiger partial charge in [0, 0.05) is 12.7 Å². The zero-order valence-electron chi connectivity index (χ0n) is 10.3. The molecule has 0 saturated heterocycles. The SMILES string of the molecule is COc1ccccc1-c1nc(CO)c(C)n1C. The van der Waals surface area contributed by atoms with E-state index < -0.39 is 0 Å². The predicted molar refractivity (Wildman–Crippen MR) is 65.9 cm³/mol. The van der Waals surface area contributed by atoms with Crippen LogP contribution in [0.3, 0.4) is 0 Å². The molecule has 17 heavy (non-hydrogen) atoms. The van der Waals surface area contributed by atoms with E-state index in [1.807, 2.05) is 42.8 Å². The first-order chi connectivity index (χ1) is 8.19. The van der Waals surface area contributed by atoms with Gasteiger partial charge in [-0.1, -0.05) is 12.1 Å². The summed E-state index contributed by atoms with van der Waals surface area (Å²) in [6.45, 7) is 1.90. The van der Waals surface area contributed by atoms with E-state index in [1.54, 1.807) is 7.11 Å². The monoisotopic (exact) mass is 232 g/mol. The molecule has 0 aliphatic heterocycles. The number of imidazole rings is 1. The van der Waals surface area contributed by atoms with Crippen molar-refractivity contribution in [3.05, 3.63) is 35.7 Å². The van der Waals surface area contributed by atoms with Gasteiger partial charge in [0.1, 0.15) is 11.6 Å². The van der Waals surface area contributed by atoms with Gasteiger partial charge in [0.15, 0.2) is 0 Å². The Hall–Kier alpha value is -1.81. The van der Waals surface area contributed by atoms with Gasteiger partial charge in [-0.3, -0.25) is 0 Å². The highest BCUT2D eigenvalue weighted by Gasteiger charge is 2.14. The first kappa shape index (κ1) is 11.7. The molecule has 0 aliphatic rings. The number of benzene rings is 1. The quantitative estimate of drug-likeness (QED) is 0.879. The van der Waals surface area contributed by atoms with Crippen LogP contribution in [0.15, 0.2) is 24.3 Å². The molecular formula is C13H16N2O2. The van der Waals surface area contributed by atoms with E-state index in [-0.39, 0.29) is 6.61 Å². The fraction of sp³-hybridized carbons (Fsp3) is 0.308. The molecule has 4 nitrogen and oxygen atoms in total. The molecular weight excluding hydrogens is 216 g/mol. The topological polar surface area (TPSA) is 47.3 Å². The summed E-state index contributed by atoms with van der Waals surface area (Å²) in [5.74, 6) is 1.59. The molecule has 1 aromatic heterocycles. The molecule has 0 radical (unpaired) electrons. The second-order valence-corrected chi connectivity index (χ2v) is 3.88. The van der Waals surface area contributed by atoms with E-state index >= 15 is 0 Å². The Morgan fingerprint density at radius 1 is 1.35 bits per heavy atom. The summed E-state index contributed by atoms with van der Waals surface area (Å²) < 4.78 is 7.28. The number of aromatic nitrogens is 2. The molecule has 1 N–H and O–H groups in total. The number of aliphatic hydroxyl groups is 1. The van der Waals surface area contributed by atoms with Crippen molar-refractivity contribution in [1.82, 2.24) is 9.55 Å². The molecule has 0 spiro atoms. The predicted octanol–water partition coefficient (Wildman–Crippen LogP) is 1.90. The van der Waals surface area contributed by atoms with Crippen molar-refractivity contribution >= 4 is 0 Å². The van der Waals surface area contributed by atoms with E-state index in [0.717, 1.165) is 22.8 Å². The standard InChI is InChI=1S/C13H16N2O2/c1-9-11(8-16)14-13(15(9)2)10-6-4-5-7-12(10)17-3/h4-7,16H,8H2,1-3H3. The third-order valence-electron chi connectivity index (χ3n) is 2.98. The fourth-order valence-electron chi connectivity index (χ4n) is 1.86. The molecule has 0 amide bonds. The maximum absolute atomic E-state index is 9.22. The minimum atomic E-state index is -0.0468. The van der Waals surface area contributed by atoms with Crippen molar-refractivity contribution in [1.29, 1.82) is 0 Å². The average molecular weight is 232 g/mol. The first-order valence-corrected chi connectivity index (χ1v) is 5.45. The van der Waals surface area contributed by atoms with Gasteiger partial charge < -0.3 is 14.4 Å². The van der Waals surface area contributed by atoms with Gasteiger partial charge in [-0.05, 0) is 19.1 Å². The summed E-state index contributed by atoms with van der Waals surface area (Å²) in [5, 5.41) is 9.22. The highest BCUT2D eigenvalue weighted by atomic mass is 16.5. The van der Waals surface area contributed by atoms with E-state index in [0.29, 0.717) is 5.69 Å². The van der Waals surface area contributed by atoms with Crippen molar-refractivity contribution in [3.63, 3.8) is 0 Å². The van der Waals surface area contributed by atoms with E-state index in [9.17, 15) is 5.11 Å². The van der Waals surface area contributed by atoms with Gasteiger partial charge in [-0.15, -0.1) is 0 Å². The normalized spacial score (nSPS) is 10.6. The van der Waals surface area contributed by atoms with E-state index in [4.69, 9.17) is 4.74 Å². The van der Waals surface area contributed by atoms with Crippen molar-refractivity contribution in [3.8, 4) is 17.1 Å². The Bertz CT molecular complexity index is 532. The van der Waals surface area contributed by atoms with Crippen LogP contribution < -0.4 is 4.74 Å². The van der Waals surface area contributed by atoms with Gasteiger partial charge in [0.2, 0.25) is 0 Å². The number of rotatable bonds is 3. The summed E-state index contributed by atoms with van der Waals surface area (Å²) >= 11 is 0. The zero-order valence-corrected chi connectivity index (χ0v) is 10.3. The third kappa shape index (κ3) is 1.91. The van der Waals surface area contributed by atoms with Crippen molar-refractivity contribution in [2.24, 2.45) is 7.05 Å². The van der Waals surface area contributed by atoms with Crippen LogP contribution in [0.4, 0.5) is 0 Å². The van der Waals surface area contributed by atoms with Crippen LogP contribution in [0, 0.1) is 6.92 Å². The largest absolute Gasteiger partial charge is 0.496 e. The van der Waals surface area contributed by atoms with Crippen LogP contribution in [0.25, 0.3) is 11.4 Å². The molecule has 4 heteroatoms. The van der Waals surface area contributed by atoms with Crippen molar-refractivity contribution in [2.75, 3.05) is 7.11 Å². The molecule has 1 heterocycles. The van der Waals surface area contributed by atoms with Gasteiger partial charge in [-0.2, -0.15) is 0 Å². The first-order valence-electron chi connectivity index (χ1n) is 5.45. The summed E-state index contributed by atoms with van der Waals surface area (Å²) in [7, 11) is 3.57. The number of hydrogen-bond donors (Lipinski definition) is 1. The maximum Gasteiger partial charge on any atom is 0.144 e. The Morgan fingerprint density at radius 3 is 2.65 bits per heavy atom. The molecule has 90 valence electrons. The van der Waals surface area contributed by atoms with E-state index in [2.05, 4.69) is 4.98 Å². The number of aliphatic hydroxyl groups excluding tert-OH is 1. The number of hydrogen-bond acceptors (Lipinski definition) is 3. The molecule has 1 aromatic carbocycles. The van der Waals surface area contributed by atoms with Gasteiger partial charge in [0.25, 0.3) is 0 Å². The minimum Gasteiger partial charge on any atom is -0.496 e. The highest BCUT2D eigenvalue weighted by molar-refractivity contribution is 5.65. The Labute approximate surface area is 100 Å². The second-order valence-electron chi connectivity index (χ2n) is 3.88. The van der Waals surface area contributed by atoms with Gasteiger partial charge in [-0.25, -0.2) is 4.98 Å². The Balaban J connectivity index is 2.60. The smallest absolute Gasteiger partial charge is 0.144 e. The summed E-state index contributed by atoms with van der Waals surface area (Å²) in [5.41, 5.74) is 2.60. The maximum atomic E-state index is 9.22. The lowest BCUT2D eigenvalue weighted by molar-refractivity contribution is 0.276. The molecule has 0 saturated carbocycles. The lowest BCUT2D eigenvalue weighted by Gasteiger charge is -2.08. The van der Waals surface area contributed by atoms with Gasteiger partial charge >= 0.3 is 0 Å². The highest BCUT2D eigenvalue weighted by Crippen LogP contribution is 2.29. The fourth-order valence-corrected chi connectivity index (χ4v) is 1.86. The molecule has 2 rings (SSSR count). The number of para-hydroxylation sites is 1. The molecule has 0 atom stereocenters. The number of ether oxygens (including phenoxy) is 1. The lowest BCUT2D eigenvalue weighted by Crippen LogP contribution is -1.97. The van der Waals surface area contributed by atoms with Crippen molar-refractivity contribution < 1.29 is 9.84 Å². The van der Waals surface area contributed by atoms with Crippen LogP contribution >= 0.6 is 0 Å². The van der Waals surface area contributed by atoms with Crippen LogP contribution in [0.5, 0.6) is 5.75 Å². The lowest BCUT2D eigenvalue weighted by atomic mass is 10.2. The van der Waals surface area contributed by atoms with Crippen LogP contribution in [-0.2, 0) is 13.7 Å². The number of nitrogens with zero attached hydrogens (tertiary/aromatic N) is 2. The minimum absolute atomic E-state index is 0.0468. The average Bonchev–Trinajstić information content (AvgIpc) is 2.66. The third-order valence-corrected chi connectivity index (χ3v) is 2.98. The molecule has 0 fully saturated rings. The Kier molecular flexibility index (Phi) is 3.15.